The van der Waals surface area contributed by atoms with Crippen molar-refractivity contribution < 1.29 is 4.79 Å². The normalized spacial score (nSPS) is 12.3. The Morgan fingerprint density at radius 1 is 1.16 bits per heavy atom. The lowest BCUT2D eigenvalue weighted by Crippen LogP contribution is -2.30. The number of benzene rings is 2. The molecule has 0 bridgehead atoms. The quantitative estimate of drug-likeness (QED) is 0.418. The summed E-state index contributed by atoms with van der Waals surface area (Å²) in [6, 6.07) is 14.8. The first-order valence-electron chi connectivity index (χ1n) is 10.2. The van der Waals surface area contributed by atoms with Crippen LogP contribution in [0.2, 0.25) is 0 Å². The van der Waals surface area contributed by atoms with Gasteiger partial charge in [-0.15, -0.1) is 5.10 Å². The Balaban J connectivity index is 1.39. The lowest BCUT2D eigenvalue weighted by Gasteiger charge is -2.16. The van der Waals surface area contributed by atoms with E-state index in [0.29, 0.717) is 23.9 Å². The molecule has 0 aliphatic rings. The maximum absolute atomic E-state index is 12.6. The number of aromatic amines is 1. The van der Waals surface area contributed by atoms with Gasteiger partial charge in [-0.3, -0.25) is 9.59 Å². The van der Waals surface area contributed by atoms with Crippen LogP contribution in [0.1, 0.15) is 31.1 Å². The molecule has 0 aliphatic heterocycles. The minimum absolute atomic E-state index is 0.0756. The highest BCUT2D eigenvalue weighted by molar-refractivity contribution is 7.98. The van der Waals surface area contributed by atoms with Gasteiger partial charge >= 0.3 is 0 Å². The average Bonchev–Trinajstić information content (AvgIpc) is 3.22. The van der Waals surface area contributed by atoms with E-state index in [9.17, 15) is 9.59 Å². The largest absolute Gasteiger partial charge is 0.346 e. The Morgan fingerprint density at radius 2 is 1.94 bits per heavy atom. The van der Waals surface area contributed by atoms with Gasteiger partial charge in [0, 0.05) is 13.0 Å². The summed E-state index contributed by atoms with van der Waals surface area (Å²) in [4.78, 5) is 33.1. The zero-order valence-electron chi connectivity index (χ0n) is 17.2. The summed E-state index contributed by atoms with van der Waals surface area (Å²) in [5, 5.41) is 11.7. The number of amides is 1. The number of hydrogen-bond donors (Lipinski definition) is 2. The van der Waals surface area contributed by atoms with Crippen LogP contribution in [-0.2, 0) is 11.3 Å². The van der Waals surface area contributed by atoms with Crippen LogP contribution in [0.3, 0.4) is 0 Å². The molecule has 2 heterocycles. The Hall–Kier alpha value is -3.20. The molecule has 9 heteroatoms. The molecule has 1 unspecified atom stereocenters. The van der Waals surface area contributed by atoms with Crippen LogP contribution >= 0.6 is 11.8 Å². The van der Waals surface area contributed by atoms with Crippen molar-refractivity contribution >= 4 is 39.6 Å². The molecular formula is C22H24N6O2S. The molecule has 0 fully saturated rings. The van der Waals surface area contributed by atoms with Gasteiger partial charge in [-0.25, -0.2) is 9.67 Å². The first kappa shape index (κ1) is 21.0. The Morgan fingerprint density at radius 3 is 2.74 bits per heavy atom. The molecule has 0 radical (unpaired) electrons. The smallest absolute Gasteiger partial charge is 0.277 e. The predicted molar refractivity (Wildman–Crippen MR) is 123 cm³/mol. The number of thioether (sulfide) groups is 1. The summed E-state index contributed by atoms with van der Waals surface area (Å²) in [5.41, 5.74) is 2.22. The second-order valence-electron chi connectivity index (χ2n) is 7.28. The molecule has 0 saturated carbocycles. The van der Waals surface area contributed by atoms with Gasteiger partial charge in [0.05, 0.1) is 22.5 Å². The maximum Gasteiger partial charge on any atom is 0.277 e. The van der Waals surface area contributed by atoms with E-state index < -0.39 is 0 Å². The van der Waals surface area contributed by atoms with Crippen molar-refractivity contribution in [3.63, 3.8) is 0 Å². The van der Waals surface area contributed by atoms with Crippen molar-refractivity contribution in [2.45, 2.75) is 31.8 Å². The Bertz CT molecular complexity index is 1220. The number of nitrogens with one attached hydrogen (secondary N) is 2. The second kappa shape index (κ2) is 9.74. The number of imidazole rings is 1. The fourth-order valence-electron chi connectivity index (χ4n) is 3.48. The van der Waals surface area contributed by atoms with E-state index in [-0.39, 0.29) is 23.9 Å². The Labute approximate surface area is 183 Å². The van der Waals surface area contributed by atoms with Gasteiger partial charge in [-0.2, -0.15) is 11.8 Å². The lowest BCUT2D eigenvalue weighted by atomic mass is 10.2. The standard InChI is InChI=1S/C22H24N6O2S/c1-31-14-12-19(21-24-17-9-4-5-10-18(17)25-21)23-20(29)11-6-13-28-22(30)15-7-2-3-8-16(15)26-27-28/h2-5,7-10,19H,6,11-14H2,1H3,(H,23,29)(H,24,25). The SMILES string of the molecule is CSCCC(NC(=O)CCCn1nnc2ccccc2c1=O)c1nc2ccccc2[nH]1. The number of para-hydroxylation sites is 2. The topological polar surface area (TPSA) is 106 Å². The molecule has 2 aromatic heterocycles. The van der Waals surface area contributed by atoms with Crippen LogP contribution in [0.5, 0.6) is 0 Å². The van der Waals surface area contributed by atoms with Crippen LogP contribution in [0.15, 0.2) is 53.3 Å². The minimum Gasteiger partial charge on any atom is -0.346 e. The summed E-state index contributed by atoms with van der Waals surface area (Å²) in [7, 11) is 0. The fraction of sp³-hybridized carbons (Fsp3) is 0.318. The van der Waals surface area contributed by atoms with Gasteiger partial charge in [0.2, 0.25) is 5.91 Å². The van der Waals surface area contributed by atoms with Gasteiger partial charge in [-0.05, 0) is 49.1 Å². The van der Waals surface area contributed by atoms with Crippen LogP contribution in [0, 0.1) is 0 Å². The van der Waals surface area contributed by atoms with Gasteiger partial charge in [0.1, 0.15) is 11.3 Å². The van der Waals surface area contributed by atoms with E-state index >= 15 is 0 Å². The van der Waals surface area contributed by atoms with Crippen molar-refractivity contribution in [2.24, 2.45) is 0 Å². The zero-order valence-corrected chi connectivity index (χ0v) is 18.1. The average molecular weight is 437 g/mol. The van der Waals surface area contributed by atoms with Crippen molar-refractivity contribution in [2.75, 3.05) is 12.0 Å². The third-order valence-corrected chi connectivity index (χ3v) is 5.73. The molecule has 1 atom stereocenters. The zero-order chi connectivity index (χ0) is 21.6. The first-order chi connectivity index (χ1) is 15.2. The summed E-state index contributed by atoms with van der Waals surface area (Å²) >= 11 is 1.73. The van der Waals surface area contributed by atoms with Crippen LogP contribution in [0.4, 0.5) is 0 Å². The molecule has 2 aromatic carbocycles. The number of carbonyl (C=O) groups excluding carboxylic acids is 1. The third-order valence-electron chi connectivity index (χ3n) is 5.09. The number of nitrogens with zero attached hydrogens (tertiary/aromatic N) is 4. The molecule has 31 heavy (non-hydrogen) atoms. The molecular weight excluding hydrogens is 412 g/mol. The molecule has 0 saturated heterocycles. The van der Waals surface area contributed by atoms with Gasteiger partial charge in [0.15, 0.2) is 0 Å². The van der Waals surface area contributed by atoms with E-state index in [0.717, 1.165) is 29.0 Å². The highest BCUT2D eigenvalue weighted by Gasteiger charge is 2.18. The van der Waals surface area contributed by atoms with E-state index in [2.05, 4.69) is 25.6 Å². The Kier molecular flexibility index (Phi) is 6.61. The van der Waals surface area contributed by atoms with Crippen LogP contribution in [-0.4, -0.2) is 42.9 Å². The predicted octanol–water partition coefficient (Wildman–Crippen LogP) is 3.06. The number of H-pyrrole nitrogens is 1. The highest BCUT2D eigenvalue weighted by atomic mass is 32.2. The summed E-state index contributed by atoms with van der Waals surface area (Å²) in [5.74, 6) is 1.60. The lowest BCUT2D eigenvalue weighted by molar-refractivity contribution is -0.122. The maximum atomic E-state index is 12.6. The molecule has 0 spiro atoms. The summed E-state index contributed by atoms with van der Waals surface area (Å²) < 4.78 is 1.32. The van der Waals surface area contributed by atoms with Gasteiger partial charge < -0.3 is 10.3 Å². The number of aryl methyl sites for hydroxylation is 1. The fourth-order valence-corrected chi connectivity index (χ4v) is 3.95. The molecule has 8 nitrogen and oxygen atoms in total. The molecule has 2 N–H and O–H groups in total. The van der Waals surface area contributed by atoms with Gasteiger partial charge in [0.25, 0.3) is 5.56 Å². The van der Waals surface area contributed by atoms with Crippen molar-refractivity contribution in [1.29, 1.82) is 0 Å². The second-order valence-corrected chi connectivity index (χ2v) is 8.26. The first-order valence-corrected chi connectivity index (χ1v) is 11.6. The van der Waals surface area contributed by atoms with Gasteiger partial charge in [-0.1, -0.05) is 29.5 Å². The number of rotatable bonds is 9. The highest BCUT2D eigenvalue weighted by Crippen LogP contribution is 2.20. The van der Waals surface area contributed by atoms with Crippen molar-refractivity contribution in [3.8, 4) is 0 Å². The monoisotopic (exact) mass is 436 g/mol. The molecule has 4 aromatic rings. The number of fused-ring (bicyclic) bond motifs is 2. The van der Waals surface area contributed by atoms with Crippen LogP contribution < -0.4 is 10.9 Å². The minimum atomic E-state index is -0.189. The molecule has 1 amide bonds. The van der Waals surface area contributed by atoms with Crippen molar-refractivity contribution in [1.82, 2.24) is 30.3 Å². The molecule has 160 valence electrons. The van der Waals surface area contributed by atoms with E-state index in [1.54, 1.807) is 30.0 Å². The van der Waals surface area contributed by atoms with E-state index in [4.69, 9.17) is 0 Å². The summed E-state index contributed by atoms with van der Waals surface area (Å²) in [6.45, 7) is 0.338. The van der Waals surface area contributed by atoms with E-state index in [1.807, 2.05) is 36.6 Å². The number of hydrogen-bond acceptors (Lipinski definition) is 6. The molecule has 4 rings (SSSR count). The number of aromatic nitrogens is 5. The van der Waals surface area contributed by atoms with Crippen molar-refractivity contribution in [3.05, 3.63) is 64.7 Å². The third kappa shape index (κ3) is 4.93. The van der Waals surface area contributed by atoms with E-state index in [1.165, 1.54) is 4.68 Å². The summed E-state index contributed by atoms with van der Waals surface area (Å²) in [6.07, 6.45) is 3.60. The number of carbonyl (C=O) groups is 1. The molecule has 0 aliphatic carbocycles. The van der Waals surface area contributed by atoms with Crippen LogP contribution in [0.25, 0.3) is 21.9 Å².